The van der Waals surface area contributed by atoms with Crippen molar-refractivity contribution in [2.75, 3.05) is 0 Å². The summed E-state index contributed by atoms with van der Waals surface area (Å²) < 4.78 is 4.78. The van der Waals surface area contributed by atoms with E-state index >= 15 is 0 Å². The molecule has 0 atom stereocenters. The third kappa shape index (κ3) is 4.36. The predicted octanol–water partition coefficient (Wildman–Crippen LogP) is 13.0. The average Bonchev–Trinajstić information content (AvgIpc) is 3.93. The van der Waals surface area contributed by atoms with Crippen LogP contribution in [0.25, 0.3) is 77.5 Å². The Kier molecular flexibility index (Phi) is 6.87. The number of hydrogen-bond donors (Lipinski definition) is 0. The molecule has 0 unspecified atom stereocenters. The van der Waals surface area contributed by atoms with Crippen molar-refractivity contribution in [2.45, 2.75) is 15.2 Å². The molecule has 6 heteroatoms. The van der Waals surface area contributed by atoms with Crippen LogP contribution in [-0.2, 0) is 5.41 Å². The largest absolute Gasteiger partial charge is 0.309 e. The van der Waals surface area contributed by atoms with E-state index in [9.17, 15) is 5.26 Å². The Morgan fingerprint density at radius 3 is 1.75 bits per heavy atom. The van der Waals surface area contributed by atoms with Crippen LogP contribution in [0.1, 0.15) is 27.8 Å². The zero-order valence-corrected chi connectivity index (χ0v) is 32.9. The van der Waals surface area contributed by atoms with Crippen molar-refractivity contribution in [1.29, 1.82) is 5.26 Å². The molecule has 1 aliphatic carbocycles. The molecule has 7 aromatic carbocycles. The molecular weight excluding hydrogens is 751 g/mol. The van der Waals surface area contributed by atoms with Gasteiger partial charge in [-0.2, -0.15) is 5.26 Å². The maximum absolute atomic E-state index is 9.96. The summed E-state index contributed by atoms with van der Waals surface area (Å²) in [6, 6.07) is 65.7. The van der Waals surface area contributed by atoms with E-state index in [2.05, 4.69) is 179 Å². The van der Waals surface area contributed by atoms with Crippen LogP contribution in [0, 0.1) is 11.3 Å². The van der Waals surface area contributed by atoms with Crippen LogP contribution < -0.4 is 0 Å². The van der Waals surface area contributed by atoms with Gasteiger partial charge in [0.2, 0.25) is 0 Å². The minimum atomic E-state index is -0.620. The van der Waals surface area contributed by atoms with Crippen molar-refractivity contribution in [2.24, 2.45) is 0 Å². The highest BCUT2D eigenvalue weighted by Gasteiger charge is 2.51. The van der Waals surface area contributed by atoms with Gasteiger partial charge in [0.15, 0.2) is 0 Å². The van der Waals surface area contributed by atoms with Crippen LogP contribution in [0.3, 0.4) is 0 Å². The second-order valence-corrected chi connectivity index (χ2v) is 16.7. The van der Waals surface area contributed by atoms with Gasteiger partial charge in [-0.25, -0.2) is 0 Å². The van der Waals surface area contributed by atoms with Gasteiger partial charge < -0.3 is 9.13 Å². The number of rotatable bonds is 3. The Bertz CT molecular complexity index is 3580. The van der Waals surface area contributed by atoms with Crippen LogP contribution in [-0.4, -0.2) is 19.1 Å². The Balaban J connectivity index is 1.14. The zero-order chi connectivity index (χ0) is 39.5. The molecule has 4 aromatic heterocycles. The fourth-order valence-electron chi connectivity index (χ4n) is 10.3. The van der Waals surface area contributed by atoms with Gasteiger partial charge in [-0.15, -0.1) is 0 Å². The van der Waals surface area contributed by atoms with Gasteiger partial charge in [0.25, 0.3) is 0 Å². The molecule has 0 saturated heterocycles. The number of nitrogens with zero attached hydrogens (tertiary/aromatic N) is 5. The second-order valence-electron chi connectivity index (χ2n) is 15.6. The van der Waals surface area contributed by atoms with Crippen molar-refractivity contribution in [3.8, 4) is 40.0 Å². The van der Waals surface area contributed by atoms with Gasteiger partial charge in [-0.1, -0.05) is 103 Å². The van der Waals surface area contributed by atoms with Crippen LogP contribution in [0.15, 0.2) is 198 Å². The second kappa shape index (κ2) is 12.4. The quantitative estimate of drug-likeness (QED) is 0.179. The van der Waals surface area contributed by atoms with Crippen molar-refractivity contribution < 1.29 is 0 Å². The first kappa shape index (κ1) is 33.3. The molecule has 0 fully saturated rings. The van der Waals surface area contributed by atoms with Crippen LogP contribution in [0.2, 0.25) is 0 Å². The van der Waals surface area contributed by atoms with Crippen molar-refractivity contribution in [3.63, 3.8) is 0 Å². The molecule has 0 radical (unpaired) electrons. The van der Waals surface area contributed by atoms with Gasteiger partial charge in [0, 0.05) is 55.0 Å². The first-order chi connectivity index (χ1) is 29.7. The molecule has 60 heavy (non-hydrogen) atoms. The summed E-state index contributed by atoms with van der Waals surface area (Å²) in [5, 5.41) is 14.6. The molecule has 278 valence electrons. The third-order valence-electron chi connectivity index (χ3n) is 12.7. The van der Waals surface area contributed by atoms with Gasteiger partial charge in [0.05, 0.1) is 56.2 Å². The van der Waals surface area contributed by atoms with Crippen molar-refractivity contribution in [3.05, 3.63) is 216 Å². The molecule has 0 bridgehead atoms. The molecule has 2 aliphatic rings. The maximum atomic E-state index is 9.96. The van der Waals surface area contributed by atoms with E-state index in [-0.39, 0.29) is 0 Å². The van der Waals surface area contributed by atoms with E-state index in [0.29, 0.717) is 5.56 Å². The highest BCUT2D eigenvalue weighted by molar-refractivity contribution is 7.99. The topological polar surface area (TPSA) is 59.4 Å². The third-order valence-corrected chi connectivity index (χ3v) is 13.9. The summed E-state index contributed by atoms with van der Waals surface area (Å²) >= 11 is 1.83. The van der Waals surface area contributed by atoms with E-state index in [1.165, 1.54) is 31.7 Å². The average molecular weight is 782 g/mol. The van der Waals surface area contributed by atoms with E-state index < -0.39 is 5.41 Å². The molecule has 1 spiro atoms. The Labute approximate surface area is 349 Å². The highest BCUT2D eigenvalue weighted by atomic mass is 32.2. The predicted molar refractivity (Wildman–Crippen MR) is 242 cm³/mol. The molecule has 5 nitrogen and oxygen atoms in total. The van der Waals surface area contributed by atoms with Gasteiger partial charge in [0.1, 0.15) is 0 Å². The van der Waals surface area contributed by atoms with E-state index in [1.54, 1.807) is 0 Å². The number of nitriles is 1. The number of hydrogen-bond acceptors (Lipinski definition) is 4. The Hall–Kier alpha value is -7.72. The summed E-state index contributed by atoms with van der Waals surface area (Å²) in [6.45, 7) is 0. The molecule has 0 saturated carbocycles. The number of aromatic nitrogens is 4. The number of benzene rings is 7. The standard InChI is InChI=1S/C54H31N5S/c55-32-33-21-24-49-40(29-33)38-13-3-7-19-47(38)59(49)48-25-23-35(58-45-17-5-1-11-36(45)37-12-2-6-18-46(37)58)31-39(48)34-22-26-51-44(30-34)54(41-14-4-8-20-50(41)60-51)42-15-9-27-56-52(42)53-43(54)16-10-28-57-53/h1-31H. The summed E-state index contributed by atoms with van der Waals surface area (Å²) in [4.78, 5) is 12.4. The lowest BCUT2D eigenvalue weighted by Gasteiger charge is -2.39. The summed E-state index contributed by atoms with van der Waals surface area (Å²) in [5.74, 6) is 0. The first-order valence-corrected chi connectivity index (χ1v) is 20.9. The van der Waals surface area contributed by atoms with Gasteiger partial charge in [-0.05, 0) is 113 Å². The fourth-order valence-corrected chi connectivity index (χ4v) is 11.5. The van der Waals surface area contributed by atoms with E-state index in [0.717, 1.165) is 77.9 Å². The minimum absolute atomic E-state index is 0.620. The van der Waals surface area contributed by atoms with Crippen molar-refractivity contribution >= 4 is 55.4 Å². The zero-order valence-electron chi connectivity index (χ0n) is 32.0. The van der Waals surface area contributed by atoms with E-state index in [1.807, 2.05) is 36.3 Å². The lowest BCUT2D eigenvalue weighted by Crippen LogP contribution is -2.32. The summed E-state index contributed by atoms with van der Waals surface area (Å²) in [7, 11) is 0. The molecule has 1 aliphatic heterocycles. The Morgan fingerprint density at radius 1 is 0.467 bits per heavy atom. The maximum Gasteiger partial charge on any atom is 0.0991 e. The number of fused-ring (bicyclic) bond motifs is 15. The lowest BCUT2D eigenvalue weighted by atomic mass is 9.67. The molecule has 0 N–H and O–H groups in total. The SMILES string of the molecule is N#Cc1ccc2c(c1)c1ccccc1n2-c1ccc(-n2c3ccccc3c3ccccc32)cc1-c1ccc2c(c1)C1(c3ccccc3S2)c2cccnc2-c2ncccc21. The Morgan fingerprint density at radius 2 is 1.05 bits per heavy atom. The minimum Gasteiger partial charge on any atom is -0.309 e. The van der Waals surface area contributed by atoms with Gasteiger partial charge in [-0.3, -0.25) is 9.97 Å². The van der Waals surface area contributed by atoms with Gasteiger partial charge >= 0.3 is 0 Å². The molecule has 0 amide bonds. The molecule has 11 aromatic rings. The lowest BCUT2D eigenvalue weighted by molar-refractivity contribution is 0.720. The highest BCUT2D eigenvalue weighted by Crippen LogP contribution is 2.61. The first-order valence-electron chi connectivity index (χ1n) is 20.1. The summed E-state index contributed by atoms with van der Waals surface area (Å²) in [5.41, 5.74) is 15.5. The fraction of sp³-hybridized carbons (Fsp3) is 0.0185. The smallest absolute Gasteiger partial charge is 0.0991 e. The number of para-hydroxylation sites is 3. The number of pyridine rings is 2. The van der Waals surface area contributed by atoms with Crippen LogP contribution in [0.5, 0.6) is 0 Å². The summed E-state index contributed by atoms with van der Waals surface area (Å²) in [6.07, 6.45) is 3.77. The van der Waals surface area contributed by atoms with Crippen LogP contribution in [0.4, 0.5) is 0 Å². The molecule has 13 rings (SSSR count). The van der Waals surface area contributed by atoms with E-state index in [4.69, 9.17) is 9.97 Å². The monoisotopic (exact) mass is 781 g/mol. The van der Waals surface area contributed by atoms with Crippen LogP contribution >= 0.6 is 11.8 Å². The molecular formula is C54H31N5S. The molecule has 5 heterocycles. The normalized spacial score (nSPS) is 13.4. The van der Waals surface area contributed by atoms with Crippen molar-refractivity contribution in [1.82, 2.24) is 19.1 Å².